The van der Waals surface area contributed by atoms with Crippen LogP contribution in [0.25, 0.3) is 16.6 Å². The van der Waals surface area contributed by atoms with Gasteiger partial charge in [-0.2, -0.15) is 4.98 Å². The summed E-state index contributed by atoms with van der Waals surface area (Å²) in [5.74, 6) is 3.90. The number of hydrogen-bond donors (Lipinski definition) is 1. The highest BCUT2D eigenvalue weighted by molar-refractivity contribution is 5.93. The number of hydrogen-bond acceptors (Lipinski definition) is 9. The molecule has 0 unspecified atom stereocenters. The van der Waals surface area contributed by atoms with Crippen LogP contribution in [0, 0.1) is 0 Å². The molecule has 39 heavy (non-hydrogen) atoms. The molecule has 2 fully saturated rings. The molecule has 0 amide bonds. The molecule has 0 aliphatic carbocycles. The smallest absolute Gasteiger partial charge is 0.227 e. The SMILES string of the molecule is COc1cc(-n2cnc(Nc3nc(N4CCCC4)nc4cc(N5CCCCC5)ccc34)c2)cc(OC)c1OC. The lowest BCUT2D eigenvalue weighted by Gasteiger charge is -2.29. The second-order valence-electron chi connectivity index (χ2n) is 9.99. The number of methoxy groups -OCH3 is 3. The Bertz CT molecular complexity index is 1430. The lowest BCUT2D eigenvalue weighted by molar-refractivity contribution is 0.324. The summed E-state index contributed by atoms with van der Waals surface area (Å²) in [5, 5.41) is 4.44. The van der Waals surface area contributed by atoms with Gasteiger partial charge < -0.3 is 33.9 Å². The Morgan fingerprint density at radius 2 is 1.44 bits per heavy atom. The van der Waals surface area contributed by atoms with Crippen molar-refractivity contribution < 1.29 is 14.2 Å². The number of aromatic nitrogens is 4. The van der Waals surface area contributed by atoms with Crippen molar-refractivity contribution in [3.63, 3.8) is 0 Å². The zero-order valence-corrected chi connectivity index (χ0v) is 22.8. The van der Waals surface area contributed by atoms with Crippen molar-refractivity contribution in [1.82, 2.24) is 19.5 Å². The molecule has 6 rings (SSSR count). The molecule has 204 valence electrons. The van der Waals surface area contributed by atoms with Crippen LogP contribution in [0.5, 0.6) is 17.2 Å². The molecule has 0 saturated carbocycles. The number of nitrogens with zero attached hydrogens (tertiary/aromatic N) is 6. The molecule has 1 N–H and O–H groups in total. The van der Waals surface area contributed by atoms with E-state index in [1.54, 1.807) is 27.7 Å². The molecule has 2 aliphatic rings. The van der Waals surface area contributed by atoms with Gasteiger partial charge >= 0.3 is 0 Å². The van der Waals surface area contributed by atoms with Crippen molar-refractivity contribution >= 4 is 34.2 Å². The number of nitrogens with one attached hydrogen (secondary N) is 1. The molecule has 2 aliphatic heterocycles. The van der Waals surface area contributed by atoms with E-state index in [2.05, 4.69) is 38.3 Å². The molecule has 4 heterocycles. The van der Waals surface area contributed by atoms with Crippen LogP contribution in [-0.2, 0) is 0 Å². The minimum absolute atomic E-state index is 0.549. The molecule has 2 aromatic heterocycles. The first-order chi connectivity index (χ1) is 19.2. The zero-order valence-electron chi connectivity index (χ0n) is 22.8. The Morgan fingerprint density at radius 3 is 2.13 bits per heavy atom. The van der Waals surface area contributed by atoms with Crippen molar-refractivity contribution in [2.45, 2.75) is 32.1 Å². The van der Waals surface area contributed by atoms with Gasteiger partial charge in [-0.3, -0.25) is 0 Å². The fourth-order valence-electron chi connectivity index (χ4n) is 5.47. The van der Waals surface area contributed by atoms with E-state index >= 15 is 0 Å². The molecule has 4 aromatic rings. The first-order valence-electron chi connectivity index (χ1n) is 13.6. The average molecular weight is 530 g/mol. The second-order valence-corrected chi connectivity index (χ2v) is 9.99. The predicted molar refractivity (Wildman–Crippen MR) is 154 cm³/mol. The highest BCUT2D eigenvalue weighted by atomic mass is 16.5. The largest absolute Gasteiger partial charge is 0.493 e. The molecule has 2 aromatic carbocycles. The fraction of sp³-hybridized carbons (Fsp3) is 0.414. The van der Waals surface area contributed by atoms with Crippen LogP contribution < -0.4 is 29.3 Å². The number of anilines is 4. The summed E-state index contributed by atoms with van der Waals surface area (Å²) >= 11 is 0. The molecular weight excluding hydrogens is 494 g/mol. The summed E-state index contributed by atoms with van der Waals surface area (Å²) in [5.41, 5.74) is 3.01. The number of ether oxygens (including phenoxy) is 3. The van der Waals surface area contributed by atoms with Gasteiger partial charge in [0.1, 0.15) is 18.0 Å². The first-order valence-corrected chi connectivity index (χ1v) is 13.6. The maximum absolute atomic E-state index is 5.53. The highest BCUT2D eigenvalue weighted by Gasteiger charge is 2.20. The van der Waals surface area contributed by atoms with Crippen molar-refractivity contribution in [2.24, 2.45) is 0 Å². The van der Waals surface area contributed by atoms with Gasteiger partial charge in [0.2, 0.25) is 11.7 Å². The van der Waals surface area contributed by atoms with Gasteiger partial charge in [0.15, 0.2) is 11.5 Å². The lowest BCUT2D eigenvalue weighted by Crippen LogP contribution is -2.29. The van der Waals surface area contributed by atoms with E-state index in [-0.39, 0.29) is 0 Å². The second kappa shape index (κ2) is 10.9. The van der Waals surface area contributed by atoms with Gasteiger partial charge in [-0.25, -0.2) is 9.97 Å². The molecule has 10 heteroatoms. The van der Waals surface area contributed by atoms with Crippen LogP contribution in [0.1, 0.15) is 32.1 Å². The van der Waals surface area contributed by atoms with Gasteiger partial charge in [0.05, 0.1) is 38.7 Å². The van der Waals surface area contributed by atoms with E-state index in [0.29, 0.717) is 23.1 Å². The average Bonchev–Trinajstić information content (AvgIpc) is 3.69. The summed E-state index contributed by atoms with van der Waals surface area (Å²) in [4.78, 5) is 19.3. The van der Waals surface area contributed by atoms with Gasteiger partial charge in [-0.05, 0) is 50.3 Å². The molecule has 0 radical (unpaired) electrons. The summed E-state index contributed by atoms with van der Waals surface area (Å²) < 4.78 is 18.4. The predicted octanol–water partition coefficient (Wildman–Crippen LogP) is 5.18. The number of piperidine rings is 1. The van der Waals surface area contributed by atoms with Crippen LogP contribution in [-0.4, -0.2) is 67.0 Å². The Morgan fingerprint density at radius 1 is 0.744 bits per heavy atom. The fourth-order valence-corrected chi connectivity index (χ4v) is 5.47. The van der Waals surface area contributed by atoms with E-state index in [4.69, 9.17) is 24.2 Å². The van der Waals surface area contributed by atoms with Crippen LogP contribution in [0.3, 0.4) is 0 Å². The van der Waals surface area contributed by atoms with E-state index < -0.39 is 0 Å². The van der Waals surface area contributed by atoms with Crippen LogP contribution in [0.15, 0.2) is 42.9 Å². The quantitative estimate of drug-likeness (QED) is 0.332. The third-order valence-electron chi connectivity index (χ3n) is 7.56. The maximum atomic E-state index is 5.53. The summed E-state index contributed by atoms with van der Waals surface area (Å²) in [6, 6.07) is 10.3. The molecule has 0 spiro atoms. The molecule has 0 atom stereocenters. The number of imidazole rings is 1. The first kappa shape index (κ1) is 25.1. The highest BCUT2D eigenvalue weighted by Crippen LogP contribution is 2.39. The zero-order chi connectivity index (χ0) is 26.8. The van der Waals surface area contributed by atoms with E-state index in [1.165, 1.54) is 24.9 Å². The normalized spacial score (nSPS) is 15.6. The van der Waals surface area contributed by atoms with Gasteiger partial charge in [-0.1, -0.05) is 0 Å². The Labute approximate surface area is 228 Å². The van der Waals surface area contributed by atoms with Gasteiger partial charge in [-0.15, -0.1) is 0 Å². The van der Waals surface area contributed by atoms with Crippen molar-refractivity contribution in [2.75, 3.05) is 62.6 Å². The summed E-state index contributed by atoms with van der Waals surface area (Å²) in [6.07, 6.45) is 9.79. The lowest BCUT2D eigenvalue weighted by atomic mass is 10.1. The number of fused-ring (bicyclic) bond motifs is 1. The number of benzene rings is 2. The van der Waals surface area contributed by atoms with Crippen LogP contribution in [0.2, 0.25) is 0 Å². The minimum Gasteiger partial charge on any atom is -0.493 e. The Balaban J connectivity index is 1.35. The van der Waals surface area contributed by atoms with Gasteiger partial charge in [0.25, 0.3) is 0 Å². The number of rotatable bonds is 8. The topological polar surface area (TPSA) is 89.8 Å². The van der Waals surface area contributed by atoms with Crippen molar-refractivity contribution in [1.29, 1.82) is 0 Å². The van der Waals surface area contributed by atoms with E-state index in [9.17, 15) is 0 Å². The van der Waals surface area contributed by atoms with Crippen LogP contribution in [0.4, 0.5) is 23.3 Å². The summed E-state index contributed by atoms with van der Waals surface area (Å²) in [6.45, 7) is 4.15. The molecule has 2 saturated heterocycles. The minimum atomic E-state index is 0.549. The van der Waals surface area contributed by atoms with Crippen molar-refractivity contribution in [3.05, 3.63) is 42.9 Å². The monoisotopic (exact) mass is 529 g/mol. The Hall–Kier alpha value is -4.21. The molecule has 10 nitrogen and oxygen atoms in total. The summed E-state index contributed by atoms with van der Waals surface area (Å²) in [7, 11) is 4.81. The third-order valence-corrected chi connectivity index (χ3v) is 7.56. The molecule has 0 bridgehead atoms. The van der Waals surface area contributed by atoms with E-state index in [0.717, 1.165) is 67.4 Å². The van der Waals surface area contributed by atoms with Gasteiger partial charge in [0, 0.05) is 49.4 Å². The standard InChI is InChI=1S/C29H35N7O3/c1-37-24-16-21(17-25(38-2)27(24)39-3)36-18-26(30-19-36)32-28-22-10-9-20(34-11-5-4-6-12-34)15-23(22)31-29(33-28)35-13-7-8-14-35/h9-10,15-19H,4-8,11-14H2,1-3H3,(H,31,32,33). The Kier molecular flexibility index (Phi) is 7.00. The van der Waals surface area contributed by atoms with Crippen LogP contribution >= 0.6 is 0 Å². The third kappa shape index (κ3) is 4.98. The maximum Gasteiger partial charge on any atom is 0.227 e. The van der Waals surface area contributed by atoms with Crippen molar-refractivity contribution in [3.8, 4) is 22.9 Å². The molecular formula is C29H35N7O3. The van der Waals surface area contributed by atoms with E-state index in [1.807, 2.05) is 22.9 Å².